The normalized spacial score (nSPS) is 10.4. The minimum Gasteiger partial charge on any atom is -0.491 e. The number of rotatable bonds is 7. The number of carbonyl (C=O) groups is 2. The van der Waals surface area contributed by atoms with Gasteiger partial charge < -0.3 is 19.4 Å². The van der Waals surface area contributed by atoms with Gasteiger partial charge >= 0.3 is 5.97 Å². The second-order valence-electron chi connectivity index (χ2n) is 6.00. The van der Waals surface area contributed by atoms with Crippen molar-refractivity contribution in [3.63, 3.8) is 0 Å². The Morgan fingerprint density at radius 1 is 1.14 bits per heavy atom. The second kappa shape index (κ2) is 9.20. The van der Waals surface area contributed by atoms with Crippen LogP contribution in [0.3, 0.4) is 0 Å². The number of pyridine rings is 1. The SMILES string of the molecule is CCOC(=O)c1c(-c2ccccc2)csc1NC(=O)Cn1cccc(OC)c1=O. The highest BCUT2D eigenvalue weighted by Crippen LogP contribution is 2.36. The number of ether oxygens (including phenoxy) is 2. The summed E-state index contributed by atoms with van der Waals surface area (Å²) in [6.07, 6.45) is 1.50. The fraction of sp³-hybridized carbons (Fsp3) is 0.190. The van der Waals surface area contributed by atoms with Gasteiger partial charge in [-0.25, -0.2) is 4.79 Å². The lowest BCUT2D eigenvalue weighted by molar-refractivity contribution is -0.116. The van der Waals surface area contributed by atoms with E-state index in [1.54, 1.807) is 18.4 Å². The van der Waals surface area contributed by atoms with Gasteiger partial charge in [0.2, 0.25) is 5.91 Å². The van der Waals surface area contributed by atoms with Crippen molar-refractivity contribution in [2.75, 3.05) is 19.0 Å². The number of hydrogen-bond acceptors (Lipinski definition) is 6. The van der Waals surface area contributed by atoms with E-state index in [1.807, 2.05) is 30.3 Å². The molecule has 2 aromatic heterocycles. The highest BCUT2D eigenvalue weighted by atomic mass is 32.1. The van der Waals surface area contributed by atoms with E-state index in [2.05, 4.69) is 5.32 Å². The Kier molecular flexibility index (Phi) is 6.46. The largest absolute Gasteiger partial charge is 0.491 e. The van der Waals surface area contributed by atoms with Gasteiger partial charge in [-0.2, -0.15) is 0 Å². The van der Waals surface area contributed by atoms with Gasteiger partial charge in [0.05, 0.1) is 13.7 Å². The van der Waals surface area contributed by atoms with Crippen LogP contribution in [0.25, 0.3) is 11.1 Å². The molecule has 0 bridgehead atoms. The Balaban J connectivity index is 1.89. The summed E-state index contributed by atoms with van der Waals surface area (Å²) in [5, 5.41) is 4.91. The van der Waals surface area contributed by atoms with Crippen molar-refractivity contribution in [2.24, 2.45) is 0 Å². The van der Waals surface area contributed by atoms with Crippen LogP contribution in [-0.2, 0) is 16.1 Å². The standard InChI is InChI=1S/C21H20N2O5S/c1-3-28-21(26)18-15(14-8-5-4-6-9-14)13-29-19(18)22-17(24)12-23-11-7-10-16(27-2)20(23)25/h4-11,13H,3,12H2,1-2H3,(H,22,24). The molecule has 0 radical (unpaired) electrons. The molecule has 0 unspecified atom stereocenters. The summed E-state index contributed by atoms with van der Waals surface area (Å²) in [7, 11) is 1.39. The highest BCUT2D eigenvalue weighted by molar-refractivity contribution is 7.15. The molecule has 1 N–H and O–H groups in total. The Bertz CT molecular complexity index is 1070. The van der Waals surface area contributed by atoms with Crippen LogP contribution in [0.2, 0.25) is 0 Å². The summed E-state index contributed by atoms with van der Waals surface area (Å²) >= 11 is 1.23. The van der Waals surface area contributed by atoms with Gasteiger partial charge in [-0.05, 0) is 24.6 Å². The zero-order valence-corrected chi connectivity index (χ0v) is 16.8. The van der Waals surface area contributed by atoms with Crippen LogP contribution in [-0.4, -0.2) is 30.2 Å². The molecule has 29 heavy (non-hydrogen) atoms. The van der Waals surface area contributed by atoms with E-state index in [4.69, 9.17) is 9.47 Å². The molecule has 0 spiro atoms. The molecule has 2 heterocycles. The van der Waals surface area contributed by atoms with Crippen LogP contribution in [0.15, 0.2) is 58.8 Å². The molecule has 0 atom stereocenters. The summed E-state index contributed by atoms with van der Waals surface area (Å²) in [5.74, 6) is -0.802. The zero-order chi connectivity index (χ0) is 20.8. The average Bonchev–Trinajstić information content (AvgIpc) is 3.14. The number of nitrogens with one attached hydrogen (secondary N) is 1. The van der Waals surface area contributed by atoms with Crippen molar-refractivity contribution < 1.29 is 19.1 Å². The molecule has 1 amide bonds. The van der Waals surface area contributed by atoms with E-state index >= 15 is 0 Å². The summed E-state index contributed by atoms with van der Waals surface area (Å²) in [6.45, 7) is 1.73. The molecule has 0 aliphatic heterocycles. The van der Waals surface area contributed by atoms with E-state index < -0.39 is 17.4 Å². The maximum Gasteiger partial charge on any atom is 0.341 e. The molecule has 3 aromatic rings. The molecule has 1 aromatic carbocycles. The predicted molar refractivity (Wildman–Crippen MR) is 112 cm³/mol. The minimum absolute atomic E-state index is 0.148. The Morgan fingerprint density at radius 2 is 1.90 bits per heavy atom. The number of anilines is 1. The smallest absolute Gasteiger partial charge is 0.341 e. The summed E-state index contributed by atoms with van der Waals surface area (Å²) in [5.41, 5.74) is 1.42. The third-order valence-corrected chi connectivity index (χ3v) is 5.02. The molecule has 0 aliphatic rings. The molecule has 0 saturated carbocycles. The van der Waals surface area contributed by atoms with Gasteiger partial charge in [0.25, 0.3) is 5.56 Å². The van der Waals surface area contributed by atoms with Crippen molar-refractivity contribution in [1.82, 2.24) is 4.57 Å². The number of methoxy groups -OCH3 is 1. The zero-order valence-electron chi connectivity index (χ0n) is 16.0. The Hall–Kier alpha value is -3.39. The fourth-order valence-electron chi connectivity index (χ4n) is 2.80. The second-order valence-corrected chi connectivity index (χ2v) is 6.88. The van der Waals surface area contributed by atoms with Gasteiger partial charge in [0.15, 0.2) is 5.75 Å². The van der Waals surface area contributed by atoms with E-state index in [9.17, 15) is 14.4 Å². The maximum atomic E-state index is 12.6. The van der Waals surface area contributed by atoms with Gasteiger partial charge in [0, 0.05) is 17.1 Å². The highest BCUT2D eigenvalue weighted by Gasteiger charge is 2.23. The Labute approximate surface area is 171 Å². The van der Waals surface area contributed by atoms with Crippen molar-refractivity contribution in [3.8, 4) is 16.9 Å². The first-order valence-corrected chi connectivity index (χ1v) is 9.80. The van der Waals surface area contributed by atoms with Gasteiger partial charge in [0.1, 0.15) is 17.1 Å². The molecule has 150 valence electrons. The summed E-state index contributed by atoms with van der Waals surface area (Å²) in [4.78, 5) is 37.3. The summed E-state index contributed by atoms with van der Waals surface area (Å²) in [6, 6.07) is 12.5. The molecule has 0 aliphatic carbocycles. The van der Waals surface area contributed by atoms with Gasteiger partial charge in [-0.15, -0.1) is 11.3 Å². The topological polar surface area (TPSA) is 86.6 Å². The van der Waals surface area contributed by atoms with E-state index in [-0.39, 0.29) is 18.9 Å². The number of hydrogen-bond donors (Lipinski definition) is 1. The van der Waals surface area contributed by atoms with Crippen LogP contribution >= 0.6 is 11.3 Å². The number of benzene rings is 1. The number of amides is 1. The van der Waals surface area contributed by atoms with Crippen LogP contribution < -0.4 is 15.6 Å². The van der Waals surface area contributed by atoms with Crippen LogP contribution in [0.1, 0.15) is 17.3 Å². The third-order valence-electron chi connectivity index (χ3n) is 4.13. The predicted octanol–water partition coefficient (Wildman–Crippen LogP) is 3.40. The molecule has 7 nitrogen and oxygen atoms in total. The number of esters is 1. The number of carbonyl (C=O) groups excluding carboxylic acids is 2. The first kappa shape index (κ1) is 20.3. The van der Waals surface area contributed by atoms with Crippen LogP contribution in [0, 0.1) is 0 Å². The Morgan fingerprint density at radius 3 is 2.59 bits per heavy atom. The maximum absolute atomic E-state index is 12.6. The quantitative estimate of drug-likeness (QED) is 0.601. The van der Waals surface area contributed by atoms with Crippen molar-refractivity contribution in [3.05, 3.63) is 70.0 Å². The van der Waals surface area contributed by atoms with E-state index in [1.165, 1.54) is 35.3 Å². The summed E-state index contributed by atoms with van der Waals surface area (Å²) < 4.78 is 11.4. The molecule has 0 fully saturated rings. The molecule has 8 heteroatoms. The average molecular weight is 412 g/mol. The first-order valence-electron chi connectivity index (χ1n) is 8.92. The van der Waals surface area contributed by atoms with Crippen molar-refractivity contribution in [2.45, 2.75) is 13.5 Å². The van der Waals surface area contributed by atoms with Crippen molar-refractivity contribution >= 4 is 28.2 Å². The third kappa shape index (κ3) is 4.55. The van der Waals surface area contributed by atoms with E-state index in [0.29, 0.717) is 16.1 Å². The molecular formula is C21H20N2O5S. The molecule has 3 rings (SSSR count). The van der Waals surface area contributed by atoms with Crippen molar-refractivity contribution in [1.29, 1.82) is 0 Å². The fourth-order valence-corrected chi connectivity index (χ4v) is 3.78. The number of thiophene rings is 1. The monoisotopic (exact) mass is 412 g/mol. The minimum atomic E-state index is -0.513. The van der Waals surface area contributed by atoms with Crippen LogP contribution in [0.5, 0.6) is 5.75 Å². The van der Waals surface area contributed by atoms with Gasteiger partial charge in [-0.1, -0.05) is 30.3 Å². The number of nitrogens with zero attached hydrogens (tertiary/aromatic N) is 1. The van der Waals surface area contributed by atoms with Crippen LogP contribution in [0.4, 0.5) is 5.00 Å². The lowest BCUT2D eigenvalue weighted by Crippen LogP contribution is -2.27. The molecular weight excluding hydrogens is 392 g/mol. The number of aromatic nitrogens is 1. The lowest BCUT2D eigenvalue weighted by Gasteiger charge is -2.10. The van der Waals surface area contributed by atoms with Gasteiger partial charge in [-0.3, -0.25) is 9.59 Å². The first-order chi connectivity index (χ1) is 14.0. The molecule has 0 saturated heterocycles. The van der Waals surface area contributed by atoms with E-state index in [0.717, 1.165) is 5.56 Å². The lowest BCUT2D eigenvalue weighted by atomic mass is 10.0.